The van der Waals surface area contributed by atoms with Crippen LogP contribution in [0.15, 0.2) is 16.6 Å². The molecule has 1 aromatic rings. The minimum atomic E-state index is 0.323. The first kappa shape index (κ1) is 9.03. The van der Waals surface area contributed by atoms with Crippen molar-refractivity contribution in [3.8, 4) is 5.75 Å². The predicted octanol–water partition coefficient (Wildman–Crippen LogP) is 2.41. The standard InChI is InChI=1S/C10H12BrNO/c1-6-3-4-7(11)9-8(12-2)5-13-10(6)9/h3-4,8,12H,5H2,1-2H3. The van der Waals surface area contributed by atoms with Crippen molar-refractivity contribution in [2.45, 2.75) is 13.0 Å². The smallest absolute Gasteiger partial charge is 0.128 e. The molecule has 2 nitrogen and oxygen atoms in total. The predicted molar refractivity (Wildman–Crippen MR) is 56.2 cm³/mol. The van der Waals surface area contributed by atoms with Crippen LogP contribution in [0.25, 0.3) is 0 Å². The second-order valence-electron chi connectivity index (χ2n) is 3.26. The van der Waals surface area contributed by atoms with E-state index in [2.05, 4.69) is 40.3 Å². The molecule has 0 saturated carbocycles. The highest BCUT2D eigenvalue weighted by Crippen LogP contribution is 2.39. The van der Waals surface area contributed by atoms with Crippen LogP contribution in [0.1, 0.15) is 17.2 Å². The van der Waals surface area contributed by atoms with Gasteiger partial charge < -0.3 is 10.1 Å². The molecule has 1 atom stereocenters. The summed E-state index contributed by atoms with van der Waals surface area (Å²) in [5, 5.41) is 3.23. The lowest BCUT2D eigenvalue weighted by Crippen LogP contribution is -2.17. The summed E-state index contributed by atoms with van der Waals surface area (Å²) >= 11 is 3.54. The molecule has 3 heteroatoms. The normalized spacial score (nSPS) is 19.8. The number of aryl methyl sites for hydroxylation is 1. The highest BCUT2D eigenvalue weighted by atomic mass is 79.9. The van der Waals surface area contributed by atoms with Crippen molar-refractivity contribution in [1.29, 1.82) is 0 Å². The molecule has 0 spiro atoms. The van der Waals surface area contributed by atoms with E-state index in [1.807, 2.05) is 7.05 Å². The molecular weight excluding hydrogens is 230 g/mol. The van der Waals surface area contributed by atoms with Crippen LogP contribution < -0.4 is 10.1 Å². The van der Waals surface area contributed by atoms with E-state index in [-0.39, 0.29) is 0 Å². The SMILES string of the molecule is CNC1COc2c(C)ccc(Br)c21. The van der Waals surface area contributed by atoms with E-state index in [1.165, 1.54) is 11.1 Å². The topological polar surface area (TPSA) is 21.3 Å². The maximum Gasteiger partial charge on any atom is 0.128 e. The van der Waals surface area contributed by atoms with Gasteiger partial charge in [-0.2, -0.15) is 0 Å². The zero-order chi connectivity index (χ0) is 9.42. The lowest BCUT2D eigenvalue weighted by Gasteiger charge is -2.08. The molecule has 1 aliphatic rings. The molecule has 1 heterocycles. The van der Waals surface area contributed by atoms with Crippen LogP contribution in [0, 0.1) is 6.92 Å². The highest BCUT2D eigenvalue weighted by molar-refractivity contribution is 9.10. The molecule has 70 valence electrons. The number of benzene rings is 1. The van der Waals surface area contributed by atoms with Crippen molar-refractivity contribution < 1.29 is 4.74 Å². The zero-order valence-corrected chi connectivity index (χ0v) is 9.31. The Balaban J connectivity index is 2.55. The third kappa shape index (κ3) is 1.36. The van der Waals surface area contributed by atoms with Gasteiger partial charge in [0, 0.05) is 10.0 Å². The third-order valence-corrected chi connectivity index (χ3v) is 3.12. The molecule has 1 aromatic carbocycles. The molecule has 1 N–H and O–H groups in total. The fourth-order valence-corrected chi connectivity index (χ4v) is 2.27. The minimum Gasteiger partial charge on any atom is -0.491 e. The Bertz CT molecular complexity index is 338. The first-order chi connectivity index (χ1) is 6.24. The Kier molecular flexibility index (Phi) is 2.30. The molecule has 0 saturated heterocycles. The summed E-state index contributed by atoms with van der Waals surface area (Å²) < 4.78 is 6.75. The van der Waals surface area contributed by atoms with Gasteiger partial charge in [-0.25, -0.2) is 0 Å². The molecule has 2 rings (SSSR count). The first-order valence-corrected chi connectivity index (χ1v) is 5.12. The fraction of sp³-hybridized carbons (Fsp3) is 0.400. The number of likely N-dealkylation sites (N-methyl/N-ethyl adjacent to an activating group) is 1. The zero-order valence-electron chi connectivity index (χ0n) is 7.73. The van der Waals surface area contributed by atoms with E-state index in [0.29, 0.717) is 6.04 Å². The van der Waals surface area contributed by atoms with Gasteiger partial charge in [0.2, 0.25) is 0 Å². The molecule has 1 aliphatic heterocycles. The Morgan fingerprint density at radius 1 is 1.54 bits per heavy atom. The summed E-state index contributed by atoms with van der Waals surface area (Å²) in [6.07, 6.45) is 0. The molecule has 13 heavy (non-hydrogen) atoms. The molecule has 0 fully saturated rings. The number of fused-ring (bicyclic) bond motifs is 1. The van der Waals surface area contributed by atoms with E-state index in [0.717, 1.165) is 16.8 Å². The number of hydrogen-bond acceptors (Lipinski definition) is 2. The number of ether oxygens (including phenoxy) is 1. The van der Waals surface area contributed by atoms with Crippen LogP contribution in [0.4, 0.5) is 0 Å². The lowest BCUT2D eigenvalue weighted by atomic mass is 10.1. The Labute approximate surface area is 86.4 Å². The molecule has 0 bridgehead atoms. The maximum absolute atomic E-state index is 5.62. The molecule has 0 amide bonds. The van der Waals surface area contributed by atoms with Crippen molar-refractivity contribution in [2.75, 3.05) is 13.7 Å². The Hall–Kier alpha value is -0.540. The van der Waals surface area contributed by atoms with Crippen molar-refractivity contribution in [3.63, 3.8) is 0 Å². The summed E-state index contributed by atoms with van der Waals surface area (Å²) in [7, 11) is 1.96. The number of hydrogen-bond donors (Lipinski definition) is 1. The van der Waals surface area contributed by atoms with Crippen LogP contribution in [0.2, 0.25) is 0 Å². The molecule has 0 radical (unpaired) electrons. The summed E-state index contributed by atoms with van der Waals surface area (Å²) in [5.74, 6) is 1.04. The van der Waals surface area contributed by atoms with Crippen LogP contribution in [0.5, 0.6) is 5.75 Å². The number of rotatable bonds is 1. The Morgan fingerprint density at radius 3 is 3.00 bits per heavy atom. The summed E-state index contributed by atoms with van der Waals surface area (Å²) in [6.45, 7) is 2.80. The van der Waals surface area contributed by atoms with Crippen LogP contribution in [0.3, 0.4) is 0 Å². The molecule has 0 aliphatic carbocycles. The lowest BCUT2D eigenvalue weighted by molar-refractivity contribution is 0.316. The van der Waals surface area contributed by atoms with Crippen molar-refractivity contribution in [3.05, 3.63) is 27.7 Å². The second kappa shape index (κ2) is 3.31. The average Bonchev–Trinajstić information content (AvgIpc) is 2.56. The van der Waals surface area contributed by atoms with Gasteiger partial charge in [0.1, 0.15) is 12.4 Å². The first-order valence-electron chi connectivity index (χ1n) is 4.33. The van der Waals surface area contributed by atoms with Crippen molar-refractivity contribution in [1.82, 2.24) is 5.32 Å². The number of halogens is 1. The van der Waals surface area contributed by atoms with Gasteiger partial charge >= 0.3 is 0 Å². The number of nitrogens with one attached hydrogen (secondary N) is 1. The van der Waals surface area contributed by atoms with Gasteiger partial charge in [0.15, 0.2) is 0 Å². The van der Waals surface area contributed by atoms with Gasteiger partial charge in [-0.3, -0.25) is 0 Å². The largest absolute Gasteiger partial charge is 0.491 e. The summed E-state index contributed by atoms with van der Waals surface area (Å²) in [5.41, 5.74) is 2.46. The van der Waals surface area contributed by atoms with Crippen molar-refractivity contribution in [2.24, 2.45) is 0 Å². The molecule has 1 unspecified atom stereocenters. The van der Waals surface area contributed by atoms with Crippen LogP contribution >= 0.6 is 15.9 Å². The maximum atomic E-state index is 5.62. The van der Waals surface area contributed by atoms with E-state index < -0.39 is 0 Å². The van der Waals surface area contributed by atoms with E-state index in [4.69, 9.17) is 4.74 Å². The summed E-state index contributed by atoms with van der Waals surface area (Å²) in [4.78, 5) is 0. The van der Waals surface area contributed by atoms with Crippen LogP contribution in [-0.2, 0) is 0 Å². The quantitative estimate of drug-likeness (QED) is 0.816. The van der Waals surface area contributed by atoms with E-state index in [9.17, 15) is 0 Å². The van der Waals surface area contributed by atoms with Gasteiger partial charge in [-0.15, -0.1) is 0 Å². The van der Waals surface area contributed by atoms with Gasteiger partial charge in [0.25, 0.3) is 0 Å². The Morgan fingerprint density at radius 2 is 2.31 bits per heavy atom. The summed E-state index contributed by atoms with van der Waals surface area (Å²) in [6, 6.07) is 4.47. The van der Waals surface area contributed by atoms with E-state index >= 15 is 0 Å². The molecule has 0 aromatic heterocycles. The van der Waals surface area contributed by atoms with Crippen molar-refractivity contribution >= 4 is 15.9 Å². The highest BCUT2D eigenvalue weighted by Gasteiger charge is 2.26. The van der Waals surface area contributed by atoms with Gasteiger partial charge in [-0.1, -0.05) is 22.0 Å². The third-order valence-electron chi connectivity index (χ3n) is 2.43. The monoisotopic (exact) mass is 241 g/mol. The van der Waals surface area contributed by atoms with E-state index in [1.54, 1.807) is 0 Å². The average molecular weight is 242 g/mol. The fourth-order valence-electron chi connectivity index (χ4n) is 1.68. The van der Waals surface area contributed by atoms with Crippen LogP contribution in [-0.4, -0.2) is 13.7 Å². The minimum absolute atomic E-state index is 0.323. The van der Waals surface area contributed by atoms with Gasteiger partial charge in [-0.05, 0) is 25.6 Å². The second-order valence-corrected chi connectivity index (χ2v) is 4.11. The molecular formula is C10H12BrNO. The van der Waals surface area contributed by atoms with Gasteiger partial charge in [0.05, 0.1) is 6.04 Å².